The van der Waals surface area contributed by atoms with Gasteiger partial charge in [0.1, 0.15) is 10.7 Å². The molecule has 2 aromatic carbocycles. The largest absolute Gasteiger partial charge is 0.395 e. The van der Waals surface area contributed by atoms with Gasteiger partial charge in [0.05, 0.1) is 17.6 Å². The van der Waals surface area contributed by atoms with Gasteiger partial charge in [-0.05, 0) is 42.5 Å². The SMILES string of the molecule is O=S(=O)(c1cccc2cccnc12)n1ccc2cnc(Nc3ccc(N4CCN(CCO)CC4)cc3)cc21. The van der Waals surface area contributed by atoms with Crippen LogP contribution in [0.4, 0.5) is 17.2 Å². The zero-order valence-electron chi connectivity index (χ0n) is 20.7. The van der Waals surface area contributed by atoms with E-state index < -0.39 is 10.0 Å². The predicted octanol–water partition coefficient (Wildman–Crippen LogP) is 3.68. The molecule has 10 heteroatoms. The fraction of sp³-hybridized carbons (Fsp3) is 0.214. The average Bonchev–Trinajstić information content (AvgIpc) is 3.38. The molecule has 0 bridgehead atoms. The van der Waals surface area contributed by atoms with Gasteiger partial charge in [-0.1, -0.05) is 18.2 Å². The van der Waals surface area contributed by atoms with Crippen LogP contribution in [0.5, 0.6) is 0 Å². The molecule has 1 aliphatic rings. The van der Waals surface area contributed by atoms with Crippen molar-refractivity contribution in [3.8, 4) is 0 Å². The van der Waals surface area contributed by atoms with Crippen molar-refractivity contribution in [1.29, 1.82) is 0 Å². The molecule has 0 spiro atoms. The van der Waals surface area contributed by atoms with E-state index in [4.69, 9.17) is 5.11 Å². The van der Waals surface area contributed by atoms with Crippen molar-refractivity contribution in [1.82, 2.24) is 18.8 Å². The van der Waals surface area contributed by atoms with E-state index in [1.807, 2.05) is 24.3 Å². The van der Waals surface area contributed by atoms with Gasteiger partial charge in [0.2, 0.25) is 0 Å². The number of pyridine rings is 2. The van der Waals surface area contributed by atoms with Crippen molar-refractivity contribution in [2.45, 2.75) is 4.90 Å². The lowest BCUT2D eigenvalue weighted by Gasteiger charge is -2.35. The third-order valence-electron chi connectivity index (χ3n) is 6.96. The van der Waals surface area contributed by atoms with Gasteiger partial charge in [0.25, 0.3) is 10.0 Å². The Morgan fingerprint density at radius 1 is 0.895 bits per heavy atom. The molecule has 38 heavy (non-hydrogen) atoms. The van der Waals surface area contributed by atoms with E-state index in [2.05, 4.69) is 37.2 Å². The minimum atomic E-state index is -3.89. The summed E-state index contributed by atoms with van der Waals surface area (Å²) in [6.07, 6.45) is 4.83. The molecular formula is C28H28N6O3S. The van der Waals surface area contributed by atoms with Crippen LogP contribution in [0.25, 0.3) is 21.8 Å². The maximum Gasteiger partial charge on any atom is 0.270 e. The molecule has 5 aromatic rings. The van der Waals surface area contributed by atoms with Crippen LogP contribution < -0.4 is 10.2 Å². The van der Waals surface area contributed by atoms with Gasteiger partial charge < -0.3 is 15.3 Å². The highest BCUT2D eigenvalue weighted by atomic mass is 32.2. The monoisotopic (exact) mass is 528 g/mol. The second kappa shape index (κ2) is 10.1. The third-order valence-corrected chi connectivity index (χ3v) is 8.69. The molecule has 0 radical (unpaired) electrons. The molecule has 1 saturated heterocycles. The van der Waals surface area contributed by atoms with Crippen molar-refractivity contribution in [3.05, 3.63) is 85.3 Å². The van der Waals surface area contributed by atoms with Crippen LogP contribution in [-0.4, -0.2) is 71.7 Å². The summed E-state index contributed by atoms with van der Waals surface area (Å²) in [7, 11) is -3.89. The first-order chi connectivity index (χ1) is 18.5. The first kappa shape index (κ1) is 24.4. The van der Waals surface area contributed by atoms with Crippen LogP contribution in [0, 0.1) is 0 Å². The average molecular weight is 529 g/mol. The molecule has 0 atom stereocenters. The summed E-state index contributed by atoms with van der Waals surface area (Å²) < 4.78 is 28.7. The standard InChI is InChI=1S/C28H28N6O3S/c35-18-17-32-13-15-33(16-14-32)24-8-6-23(7-9-24)31-27-19-25-22(20-30-27)10-12-34(25)38(36,37)26-5-1-3-21-4-2-11-29-28(21)26/h1-12,19-20,35H,13-18H2,(H,30,31). The molecule has 1 fully saturated rings. The lowest BCUT2D eigenvalue weighted by molar-refractivity contribution is 0.189. The highest BCUT2D eigenvalue weighted by molar-refractivity contribution is 7.90. The predicted molar refractivity (Wildman–Crippen MR) is 150 cm³/mol. The second-order valence-corrected chi connectivity index (χ2v) is 11.1. The molecule has 194 valence electrons. The fourth-order valence-corrected chi connectivity index (χ4v) is 6.46. The molecule has 1 aliphatic heterocycles. The molecule has 0 unspecified atom stereocenters. The summed E-state index contributed by atoms with van der Waals surface area (Å²) in [4.78, 5) is 13.6. The number of nitrogens with one attached hydrogen (secondary N) is 1. The van der Waals surface area contributed by atoms with Gasteiger partial charge in [-0.25, -0.2) is 17.4 Å². The molecule has 0 amide bonds. The number of nitrogens with zero attached hydrogens (tertiary/aromatic N) is 5. The van der Waals surface area contributed by atoms with Crippen LogP contribution >= 0.6 is 0 Å². The Bertz CT molecular complexity index is 1690. The van der Waals surface area contributed by atoms with Gasteiger partial charge >= 0.3 is 0 Å². The lowest BCUT2D eigenvalue weighted by atomic mass is 10.2. The van der Waals surface area contributed by atoms with E-state index in [1.54, 1.807) is 48.9 Å². The molecule has 0 saturated carbocycles. The lowest BCUT2D eigenvalue weighted by Crippen LogP contribution is -2.47. The molecule has 3 aromatic heterocycles. The molecular weight excluding hydrogens is 500 g/mol. The normalized spacial score (nSPS) is 14.8. The summed E-state index contributed by atoms with van der Waals surface area (Å²) in [6, 6.07) is 20.5. The summed E-state index contributed by atoms with van der Waals surface area (Å²) in [5.74, 6) is 0.550. The number of β-amino-alcohol motifs (C(OH)–C–C–N with tert-alkyl or cyclic N) is 1. The van der Waals surface area contributed by atoms with E-state index in [0.717, 1.165) is 54.9 Å². The summed E-state index contributed by atoms with van der Waals surface area (Å²) in [6.45, 7) is 4.61. The first-order valence-corrected chi connectivity index (χ1v) is 14.0. The van der Waals surface area contributed by atoms with E-state index in [9.17, 15) is 8.42 Å². The number of fused-ring (bicyclic) bond motifs is 2. The van der Waals surface area contributed by atoms with Crippen LogP contribution in [0.3, 0.4) is 0 Å². The molecule has 4 heterocycles. The smallest absolute Gasteiger partial charge is 0.270 e. The van der Waals surface area contributed by atoms with Gasteiger partial charge in [0.15, 0.2) is 0 Å². The Labute approximate surface area is 221 Å². The first-order valence-electron chi connectivity index (χ1n) is 12.5. The number of rotatable bonds is 7. The van der Waals surface area contributed by atoms with Crippen molar-refractivity contribution in [3.63, 3.8) is 0 Å². The molecule has 2 N–H and O–H groups in total. The molecule has 6 rings (SSSR count). The number of benzene rings is 2. The maximum absolute atomic E-state index is 13.7. The zero-order chi connectivity index (χ0) is 26.1. The Morgan fingerprint density at radius 2 is 1.68 bits per heavy atom. The van der Waals surface area contributed by atoms with Crippen LogP contribution in [-0.2, 0) is 10.0 Å². The number of anilines is 3. The Balaban J connectivity index is 1.25. The van der Waals surface area contributed by atoms with E-state index in [1.165, 1.54) is 3.97 Å². The zero-order valence-corrected chi connectivity index (χ0v) is 21.6. The number of aliphatic hydroxyl groups is 1. The number of para-hydroxylation sites is 1. The Kier molecular flexibility index (Phi) is 6.44. The summed E-state index contributed by atoms with van der Waals surface area (Å²) >= 11 is 0. The minimum Gasteiger partial charge on any atom is -0.395 e. The maximum atomic E-state index is 13.7. The topological polar surface area (TPSA) is 104 Å². The number of hydrogen-bond acceptors (Lipinski definition) is 8. The van der Waals surface area contributed by atoms with Gasteiger partial charge in [-0.15, -0.1) is 0 Å². The van der Waals surface area contributed by atoms with Crippen LogP contribution in [0.2, 0.25) is 0 Å². The summed E-state index contributed by atoms with van der Waals surface area (Å²) in [5, 5.41) is 13.9. The minimum absolute atomic E-state index is 0.159. The molecule has 9 nitrogen and oxygen atoms in total. The number of aliphatic hydroxyl groups excluding tert-OH is 1. The van der Waals surface area contributed by atoms with E-state index in [-0.39, 0.29) is 11.5 Å². The van der Waals surface area contributed by atoms with Gasteiger partial charge in [-0.3, -0.25) is 9.88 Å². The van der Waals surface area contributed by atoms with Crippen LogP contribution in [0.15, 0.2) is 90.2 Å². The van der Waals surface area contributed by atoms with E-state index >= 15 is 0 Å². The van der Waals surface area contributed by atoms with Crippen molar-refractivity contribution >= 4 is 49.0 Å². The van der Waals surface area contributed by atoms with Crippen molar-refractivity contribution in [2.75, 3.05) is 49.5 Å². The second-order valence-electron chi connectivity index (χ2n) is 9.30. The van der Waals surface area contributed by atoms with Crippen molar-refractivity contribution in [2.24, 2.45) is 0 Å². The number of aromatic nitrogens is 3. The highest BCUT2D eigenvalue weighted by Gasteiger charge is 2.22. The Hall–Kier alpha value is -3.99. The fourth-order valence-electron chi connectivity index (χ4n) is 4.95. The molecule has 0 aliphatic carbocycles. The highest BCUT2D eigenvalue weighted by Crippen LogP contribution is 2.28. The quantitative estimate of drug-likeness (QED) is 0.330. The number of hydrogen-bond donors (Lipinski definition) is 2. The van der Waals surface area contributed by atoms with Crippen molar-refractivity contribution < 1.29 is 13.5 Å². The Morgan fingerprint density at radius 3 is 2.47 bits per heavy atom. The summed E-state index contributed by atoms with van der Waals surface area (Å²) in [5.41, 5.74) is 2.98. The van der Waals surface area contributed by atoms with Crippen LogP contribution in [0.1, 0.15) is 0 Å². The third kappa shape index (κ3) is 4.58. The van der Waals surface area contributed by atoms with Gasteiger partial charge in [-0.2, -0.15) is 0 Å². The number of piperazine rings is 1. The van der Waals surface area contributed by atoms with E-state index in [0.29, 0.717) is 16.9 Å². The van der Waals surface area contributed by atoms with Gasteiger partial charge in [0, 0.05) is 79.5 Å².